The van der Waals surface area contributed by atoms with E-state index in [0.717, 1.165) is 34.2 Å². The van der Waals surface area contributed by atoms with Crippen molar-refractivity contribution < 1.29 is 22.9 Å². The van der Waals surface area contributed by atoms with Crippen LogP contribution in [0, 0.1) is 18.6 Å². The quantitative estimate of drug-likeness (QED) is 0.597. The average molecular weight is 424 g/mol. The molecule has 0 N–H and O–H groups in total. The first-order chi connectivity index (χ1) is 14.9. The van der Waals surface area contributed by atoms with E-state index in [-0.39, 0.29) is 18.1 Å². The Bertz CT molecular complexity index is 1240. The summed E-state index contributed by atoms with van der Waals surface area (Å²) in [6.07, 6.45) is 0. The minimum Gasteiger partial charge on any atom is -0.337 e. The Labute approximate surface area is 173 Å². The lowest BCUT2D eigenvalue weighted by Gasteiger charge is -2.19. The molecule has 3 aromatic rings. The fourth-order valence-electron chi connectivity index (χ4n) is 3.62. The van der Waals surface area contributed by atoms with Crippen molar-refractivity contribution in [1.29, 1.82) is 0 Å². The Hall–Kier alpha value is -4.02. The van der Waals surface area contributed by atoms with Crippen LogP contribution < -0.4 is 4.90 Å². The van der Waals surface area contributed by atoms with Gasteiger partial charge in [0.1, 0.15) is 6.54 Å². The SMILES string of the molecule is Cc1ccccc1-c1noc(CN2N=NC3C(=O)N(c4ccc(F)c(F)c4)C(=O)C32)n1. The third-order valence-corrected chi connectivity index (χ3v) is 5.17. The van der Waals surface area contributed by atoms with Gasteiger partial charge in [0.25, 0.3) is 11.8 Å². The van der Waals surface area contributed by atoms with Crippen LogP contribution in [0.2, 0.25) is 0 Å². The highest BCUT2D eigenvalue weighted by molar-refractivity contribution is 6.25. The lowest BCUT2D eigenvalue weighted by Crippen LogP contribution is -2.39. The standard InChI is InChI=1S/C20H14F2N6O3/c1-10-4-2-3-5-12(10)18-23-15(31-25-18)9-27-17-16(24-26-27)19(29)28(20(17)30)11-6-7-13(21)14(22)8-11/h2-8,16-17H,9H2,1H3. The number of hydrogen-bond donors (Lipinski definition) is 0. The second-order valence-corrected chi connectivity index (χ2v) is 7.13. The van der Waals surface area contributed by atoms with E-state index in [1.165, 1.54) is 5.01 Å². The monoisotopic (exact) mass is 424 g/mol. The van der Waals surface area contributed by atoms with Gasteiger partial charge in [-0.1, -0.05) is 34.6 Å². The van der Waals surface area contributed by atoms with Crippen molar-refractivity contribution >= 4 is 17.5 Å². The highest BCUT2D eigenvalue weighted by Crippen LogP contribution is 2.33. The average Bonchev–Trinajstić information content (AvgIpc) is 3.43. The van der Waals surface area contributed by atoms with Crippen molar-refractivity contribution in [2.45, 2.75) is 25.6 Å². The Morgan fingerprint density at radius 2 is 1.87 bits per heavy atom. The molecule has 2 unspecified atom stereocenters. The molecule has 2 aliphatic heterocycles. The number of fused-ring (bicyclic) bond motifs is 1. The molecule has 0 bridgehead atoms. The van der Waals surface area contributed by atoms with Crippen LogP contribution >= 0.6 is 0 Å². The number of halogens is 2. The summed E-state index contributed by atoms with van der Waals surface area (Å²) < 4.78 is 32.1. The third-order valence-electron chi connectivity index (χ3n) is 5.17. The van der Waals surface area contributed by atoms with Gasteiger partial charge in [-0.15, -0.1) is 0 Å². The van der Waals surface area contributed by atoms with E-state index in [0.29, 0.717) is 5.82 Å². The predicted octanol–water partition coefficient (Wildman–Crippen LogP) is 2.82. The molecule has 1 aromatic heterocycles. The lowest BCUT2D eigenvalue weighted by atomic mass is 10.1. The van der Waals surface area contributed by atoms with E-state index in [1.54, 1.807) is 0 Å². The van der Waals surface area contributed by atoms with Gasteiger partial charge >= 0.3 is 0 Å². The predicted molar refractivity (Wildman–Crippen MR) is 101 cm³/mol. The van der Waals surface area contributed by atoms with Crippen LogP contribution in [0.5, 0.6) is 0 Å². The van der Waals surface area contributed by atoms with Crippen molar-refractivity contribution in [3.05, 3.63) is 65.6 Å². The highest BCUT2D eigenvalue weighted by Gasteiger charge is 2.55. The van der Waals surface area contributed by atoms with Crippen LogP contribution in [0.3, 0.4) is 0 Å². The normalized spacial score (nSPS) is 20.1. The molecule has 1 fully saturated rings. The smallest absolute Gasteiger partial charge is 0.263 e. The van der Waals surface area contributed by atoms with Gasteiger partial charge in [-0.05, 0) is 24.6 Å². The van der Waals surface area contributed by atoms with E-state index in [4.69, 9.17) is 4.52 Å². The second kappa shape index (κ2) is 7.04. The van der Waals surface area contributed by atoms with Gasteiger partial charge < -0.3 is 4.52 Å². The second-order valence-electron chi connectivity index (χ2n) is 7.13. The number of carbonyl (C=O) groups is 2. The Morgan fingerprint density at radius 1 is 1.06 bits per heavy atom. The Kier molecular flexibility index (Phi) is 4.31. The van der Waals surface area contributed by atoms with Crippen molar-refractivity contribution in [2.75, 3.05) is 4.90 Å². The maximum Gasteiger partial charge on any atom is 0.263 e. The zero-order valence-corrected chi connectivity index (χ0v) is 16.1. The van der Waals surface area contributed by atoms with Gasteiger partial charge in [0.15, 0.2) is 23.7 Å². The van der Waals surface area contributed by atoms with Crippen LogP contribution in [0.15, 0.2) is 57.3 Å². The van der Waals surface area contributed by atoms with Gasteiger partial charge in [0, 0.05) is 11.6 Å². The summed E-state index contributed by atoms with van der Waals surface area (Å²) in [5.41, 5.74) is 1.70. The summed E-state index contributed by atoms with van der Waals surface area (Å²) in [4.78, 5) is 30.7. The molecule has 3 heterocycles. The summed E-state index contributed by atoms with van der Waals surface area (Å²) in [7, 11) is 0. The van der Waals surface area contributed by atoms with Gasteiger partial charge in [-0.2, -0.15) is 10.1 Å². The zero-order chi connectivity index (χ0) is 21.7. The molecular weight excluding hydrogens is 410 g/mol. The number of amides is 2. The summed E-state index contributed by atoms with van der Waals surface area (Å²) in [6.45, 7) is 1.87. The number of aromatic nitrogens is 2. The van der Waals surface area contributed by atoms with Gasteiger partial charge in [-0.25, -0.2) is 13.7 Å². The molecule has 0 spiro atoms. The van der Waals surface area contributed by atoms with E-state index in [2.05, 4.69) is 20.5 Å². The van der Waals surface area contributed by atoms with Crippen LogP contribution in [-0.4, -0.2) is 39.0 Å². The molecule has 2 amide bonds. The summed E-state index contributed by atoms with van der Waals surface area (Å²) in [5, 5.41) is 13.0. The first-order valence-corrected chi connectivity index (χ1v) is 9.33. The number of imide groups is 1. The molecule has 0 radical (unpaired) electrons. The number of benzene rings is 2. The molecule has 0 aliphatic carbocycles. The molecule has 2 atom stereocenters. The molecule has 0 saturated carbocycles. The topological polar surface area (TPSA) is 104 Å². The van der Waals surface area contributed by atoms with Gasteiger partial charge in [0.2, 0.25) is 11.7 Å². The maximum atomic E-state index is 13.6. The molecule has 2 aliphatic rings. The van der Waals surface area contributed by atoms with E-state index >= 15 is 0 Å². The largest absolute Gasteiger partial charge is 0.337 e. The Morgan fingerprint density at radius 3 is 2.65 bits per heavy atom. The third kappa shape index (κ3) is 3.05. The highest BCUT2D eigenvalue weighted by atomic mass is 19.2. The summed E-state index contributed by atoms with van der Waals surface area (Å²) in [6, 6.07) is 8.20. The molecule has 2 aromatic carbocycles. The minimum atomic E-state index is -1.16. The zero-order valence-electron chi connectivity index (χ0n) is 16.1. The van der Waals surface area contributed by atoms with Crippen molar-refractivity contribution in [3.63, 3.8) is 0 Å². The number of nitrogens with zero attached hydrogens (tertiary/aromatic N) is 6. The number of carbonyl (C=O) groups excluding carboxylic acids is 2. The number of rotatable bonds is 4. The first kappa shape index (κ1) is 19.0. The number of aryl methyl sites for hydroxylation is 1. The molecular formula is C20H14F2N6O3. The van der Waals surface area contributed by atoms with E-state index in [1.807, 2.05) is 31.2 Å². The maximum absolute atomic E-state index is 13.6. The molecule has 11 heteroatoms. The molecule has 1 saturated heterocycles. The number of hydrogen-bond acceptors (Lipinski definition) is 8. The minimum absolute atomic E-state index is 0.0474. The lowest BCUT2D eigenvalue weighted by molar-refractivity contribution is -0.123. The van der Waals surface area contributed by atoms with E-state index in [9.17, 15) is 18.4 Å². The molecule has 31 heavy (non-hydrogen) atoms. The molecule has 9 nitrogen and oxygen atoms in total. The number of anilines is 1. The Balaban J connectivity index is 1.38. The fourth-order valence-corrected chi connectivity index (χ4v) is 3.62. The van der Waals surface area contributed by atoms with Crippen molar-refractivity contribution in [1.82, 2.24) is 15.1 Å². The van der Waals surface area contributed by atoms with Crippen LogP contribution in [0.4, 0.5) is 14.5 Å². The van der Waals surface area contributed by atoms with Crippen LogP contribution in [-0.2, 0) is 16.1 Å². The van der Waals surface area contributed by atoms with Crippen LogP contribution in [0.25, 0.3) is 11.4 Å². The fraction of sp³-hybridized carbons (Fsp3) is 0.200. The molecule has 5 rings (SSSR count). The van der Waals surface area contributed by atoms with Crippen molar-refractivity contribution in [2.24, 2.45) is 10.3 Å². The van der Waals surface area contributed by atoms with Crippen LogP contribution in [0.1, 0.15) is 11.5 Å². The van der Waals surface area contributed by atoms with Gasteiger partial charge in [-0.3, -0.25) is 14.6 Å². The molecule has 156 valence electrons. The van der Waals surface area contributed by atoms with E-state index < -0.39 is 35.5 Å². The first-order valence-electron chi connectivity index (χ1n) is 9.33. The van der Waals surface area contributed by atoms with Gasteiger partial charge in [0.05, 0.1) is 5.69 Å². The summed E-state index contributed by atoms with van der Waals surface area (Å²) >= 11 is 0. The van der Waals surface area contributed by atoms with Crippen molar-refractivity contribution in [3.8, 4) is 11.4 Å². The summed E-state index contributed by atoms with van der Waals surface area (Å²) in [5.74, 6) is -2.99.